The van der Waals surface area contributed by atoms with Gasteiger partial charge in [-0.1, -0.05) is 24.9 Å². The van der Waals surface area contributed by atoms with Crippen LogP contribution in [0.2, 0.25) is 5.02 Å². The zero-order valence-corrected chi connectivity index (χ0v) is 13.9. The van der Waals surface area contributed by atoms with Gasteiger partial charge < -0.3 is 5.11 Å². The minimum absolute atomic E-state index is 0.0244. The first-order valence-electron chi connectivity index (χ1n) is 5.85. The predicted molar refractivity (Wildman–Crippen MR) is 79.9 cm³/mol. The van der Waals surface area contributed by atoms with Crippen molar-refractivity contribution in [1.29, 1.82) is 0 Å². The highest BCUT2D eigenvalue weighted by atomic mass is 79.9. The van der Waals surface area contributed by atoms with Crippen molar-refractivity contribution >= 4 is 37.6 Å². The van der Waals surface area contributed by atoms with E-state index in [1.165, 1.54) is 18.2 Å². The SMILES string of the molecule is CCCC(C)(O)CNS(=O)(=O)c1ccc(Cl)c(Br)c1. The molecule has 0 aromatic heterocycles. The summed E-state index contributed by atoms with van der Waals surface area (Å²) in [6.07, 6.45) is 1.31. The van der Waals surface area contributed by atoms with Gasteiger partial charge in [-0.2, -0.15) is 0 Å². The molecule has 0 saturated carbocycles. The number of aliphatic hydroxyl groups is 1. The summed E-state index contributed by atoms with van der Waals surface area (Å²) in [5.74, 6) is 0. The van der Waals surface area contributed by atoms with Crippen molar-refractivity contribution < 1.29 is 13.5 Å². The summed E-state index contributed by atoms with van der Waals surface area (Å²) < 4.78 is 27.0. The maximum absolute atomic E-state index is 12.1. The van der Waals surface area contributed by atoms with Crippen molar-refractivity contribution in [3.8, 4) is 0 Å². The molecule has 0 amide bonds. The Hall–Kier alpha value is -0.140. The highest BCUT2D eigenvalue weighted by Crippen LogP contribution is 2.25. The van der Waals surface area contributed by atoms with Crippen LogP contribution in [-0.4, -0.2) is 25.7 Å². The van der Waals surface area contributed by atoms with E-state index in [0.29, 0.717) is 15.9 Å². The zero-order chi connectivity index (χ0) is 14.7. The Bertz CT molecular complexity index is 546. The van der Waals surface area contributed by atoms with Crippen LogP contribution in [0.1, 0.15) is 26.7 Å². The van der Waals surface area contributed by atoms with Crippen LogP contribution < -0.4 is 4.72 Å². The van der Waals surface area contributed by atoms with Gasteiger partial charge in [0.25, 0.3) is 0 Å². The molecule has 0 fully saturated rings. The van der Waals surface area contributed by atoms with E-state index in [0.717, 1.165) is 6.42 Å². The first kappa shape index (κ1) is 16.9. The molecule has 1 unspecified atom stereocenters. The number of hydrogen-bond donors (Lipinski definition) is 2. The predicted octanol–water partition coefficient (Wildman–Crippen LogP) is 2.93. The monoisotopic (exact) mass is 369 g/mol. The third-order valence-electron chi connectivity index (χ3n) is 2.63. The normalized spacial score (nSPS) is 15.2. The van der Waals surface area contributed by atoms with Crippen LogP contribution in [0.5, 0.6) is 0 Å². The summed E-state index contributed by atoms with van der Waals surface area (Å²) in [5, 5.41) is 10.4. The molecule has 0 bridgehead atoms. The molecule has 0 aliphatic heterocycles. The second-order valence-corrected chi connectivity index (χ2v) is 7.68. The molecular formula is C12H17BrClNO3S. The summed E-state index contributed by atoms with van der Waals surface area (Å²) in [4.78, 5) is 0.107. The highest BCUT2D eigenvalue weighted by Gasteiger charge is 2.23. The lowest BCUT2D eigenvalue weighted by Gasteiger charge is -2.22. The fourth-order valence-electron chi connectivity index (χ4n) is 1.60. The van der Waals surface area contributed by atoms with E-state index in [1.807, 2.05) is 6.92 Å². The van der Waals surface area contributed by atoms with Crippen LogP contribution in [0, 0.1) is 0 Å². The van der Waals surface area contributed by atoms with Gasteiger partial charge in [0.2, 0.25) is 10.0 Å². The van der Waals surface area contributed by atoms with Crippen molar-refractivity contribution in [3.05, 3.63) is 27.7 Å². The second kappa shape index (κ2) is 6.54. The first-order valence-corrected chi connectivity index (χ1v) is 8.50. The molecule has 2 N–H and O–H groups in total. The Balaban J connectivity index is 2.84. The number of hydrogen-bond acceptors (Lipinski definition) is 3. The van der Waals surface area contributed by atoms with Crippen LogP contribution in [0.25, 0.3) is 0 Å². The van der Waals surface area contributed by atoms with Crippen molar-refractivity contribution in [2.45, 2.75) is 37.2 Å². The third-order valence-corrected chi connectivity index (χ3v) is 5.25. The van der Waals surface area contributed by atoms with E-state index < -0.39 is 15.6 Å². The summed E-state index contributed by atoms with van der Waals surface area (Å²) in [6, 6.07) is 4.35. The molecule has 0 heterocycles. The van der Waals surface area contributed by atoms with Crippen molar-refractivity contribution in [3.63, 3.8) is 0 Å². The third kappa shape index (κ3) is 5.04. The summed E-state index contributed by atoms with van der Waals surface area (Å²) in [5.41, 5.74) is -1.05. The molecule has 1 aromatic carbocycles. The fraction of sp³-hybridized carbons (Fsp3) is 0.500. The largest absolute Gasteiger partial charge is 0.389 e. The van der Waals surface area contributed by atoms with Crippen LogP contribution in [0.15, 0.2) is 27.6 Å². The Morgan fingerprint density at radius 3 is 2.63 bits per heavy atom. The molecule has 0 radical (unpaired) electrons. The highest BCUT2D eigenvalue weighted by molar-refractivity contribution is 9.10. The van der Waals surface area contributed by atoms with Gasteiger partial charge in [-0.05, 0) is 47.5 Å². The van der Waals surface area contributed by atoms with Crippen molar-refractivity contribution in [1.82, 2.24) is 4.72 Å². The standard InChI is InChI=1S/C12H17BrClNO3S/c1-3-6-12(2,16)8-15-19(17,18)9-4-5-11(14)10(13)7-9/h4-5,7,15-16H,3,6,8H2,1-2H3. The summed E-state index contributed by atoms with van der Waals surface area (Å²) >= 11 is 9.00. The number of nitrogens with one attached hydrogen (secondary N) is 1. The lowest BCUT2D eigenvalue weighted by molar-refractivity contribution is 0.0554. The van der Waals surface area contributed by atoms with E-state index >= 15 is 0 Å². The molecule has 1 rings (SSSR count). The summed E-state index contributed by atoms with van der Waals surface area (Å²) in [6.45, 7) is 3.51. The molecule has 0 saturated heterocycles. The lowest BCUT2D eigenvalue weighted by Crippen LogP contribution is -2.40. The van der Waals surface area contributed by atoms with Gasteiger partial charge in [0.15, 0.2) is 0 Å². The Morgan fingerprint density at radius 1 is 1.47 bits per heavy atom. The Morgan fingerprint density at radius 2 is 2.11 bits per heavy atom. The van der Waals surface area contributed by atoms with Crippen LogP contribution >= 0.6 is 27.5 Å². The second-order valence-electron chi connectivity index (χ2n) is 4.65. The molecule has 1 aromatic rings. The average molecular weight is 371 g/mol. The van der Waals surface area contributed by atoms with Crippen LogP contribution in [0.4, 0.5) is 0 Å². The molecule has 4 nitrogen and oxygen atoms in total. The topological polar surface area (TPSA) is 66.4 Å². The van der Waals surface area contributed by atoms with Gasteiger partial charge >= 0.3 is 0 Å². The fourth-order valence-corrected chi connectivity index (χ4v) is 3.44. The molecular weight excluding hydrogens is 354 g/mol. The smallest absolute Gasteiger partial charge is 0.240 e. The number of sulfonamides is 1. The van der Waals surface area contributed by atoms with E-state index in [1.54, 1.807) is 6.92 Å². The molecule has 19 heavy (non-hydrogen) atoms. The minimum atomic E-state index is -3.65. The van der Waals surface area contributed by atoms with E-state index in [9.17, 15) is 13.5 Å². The van der Waals surface area contributed by atoms with E-state index in [4.69, 9.17) is 11.6 Å². The van der Waals surface area contributed by atoms with Gasteiger partial charge in [-0.15, -0.1) is 0 Å². The van der Waals surface area contributed by atoms with Gasteiger partial charge in [0, 0.05) is 11.0 Å². The van der Waals surface area contributed by atoms with E-state index in [2.05, 4.69) is 20.7 Å². The molecule has 1 atom stereocenters. The van der Waals surface area contributed by atoms with Gasteiger partial charge in [0.1, 0.15) is 0 Å². The van der Waals surface area contributed by atoms with Gasteiger partial charge in [-0.3, -0.25) is 0 Å². The number of benzene rings is 1. The first-order chi connectivity index (χ1) is 8.68. The van der Waals surface area contributed by atoms with Crippen LogP contribution in [-0.2, 0) is 10.0 Å². The molecule has 0 aliphatic rings. The van der Waals surface area contributed by atoms with Gasteiger partial charge in [0.05, 0.1) is 15.5 Å². The minimum Gasteiger partial charge on any atom is -0.389 e. The summed E-state index contributed by atoms with van der Waals surface area (Å²) in [7, 11) is -3.65. The van der Waals surface area contributed by atoms with Gasteiger partial charge in [-0.25, -0.2) is 13.1 Å². The molecule has 108 valence electrons. The maximum Gasteiger partial charge on any atom is 0.240 e. The number of rotatable bonds is 6. The molecule has 0 aliphatic carbocycles. The Kier molecular flexibility index (Phi) is 5.82. The van der Waals surface area contributed by atoms with Crippen LogP contribution in [0.3, 0.4) is 0 Å². The zero-order valence-electron chi connectivity index (χ0n) is 10.8. The van der Waals surface area contributed by atoms with E-state index in [-0.39, 0.29) is 11.4 Å². The Labute approximate surface area is 127 Å². The van der Waals surface area contributed by atoms with Crippen molar-refractivity contribution in [2.75, 3.05) is 6.54 Å². The number of halogens is 2. The average Bonchev–Trinajstić information content (AvgIpc) is 2.30. The lowest BCUT2D eigenvalue weighted by atomic mass is 10.0. The quantitative estimate of drug-likeness (QED) is 0.809. The maximum atomic E-state index is 12.1. The molecule has 7 heteroatoms. The molecule has 0 spiro atoms. The van der Waals surface area contributed by atoms with Crippen molar-refractivity contribution in [2.24, 2.45) is 0 Å².